The molecule has 0 aliphatic carbocycles. The summed E-state index contributed by atoms with van der Waals surface area (Å²) in [6.07, 6.45) is 0. The van der Waals surface area contributed by atoms with E-state index in [1.165, 1.54) is 69.5 Å². The molecule has 5 aromatic carbocycles. The Hall–Kier alpha value is -4.08. The van der Waals surface area contributed by atoms with Gasteiger partial charge < -0.3 is 9.13 Å². The van der Waals surface area contributed by atoms with Crippen LogP contribution in [0.1, 0.15) is 0 Å². The summed E-state index contributed by atoms with van der Waals surface area (Å²) in [6.45, 7) is 0. The highest BCUT2D eigenvalue weighted by Gasteiger charge is 2.20. The van der Waals surface area contributed by atoms with E-state index in [1.54, 1.807) is 0 Å². The molecule has 0 atom stereocenters. The quantitative estimate of drug-likeness (QED) is 0.235. The van der Waals surface area contributed by atoms with Gasteiger partial charge in [-0.1, -0.05) is 66.7 Å². The van der Waals surface area contributed by atoms with Crippen molar-refractivity contribution in [1.82, 2.24) is 9.13 Å². The van der Waals surface area contributed by atoms with Gasteiger partial charge in [0.1, 0.15) is 0 Å². The molecular formula is C31H20N2S. The highest BCUT2D eigenvalue weighted by atomic mass is 32.1. The van der Waals surface area contributed by atoms with E-state index in [-0.39, 0.29) is 0 Å². The smallest absolute Gasteiger partial charge is 0.0640 e. The number of nitrogens with zero attached hydrogens (tertiary/aromatic N) is 2. The summed E-state index contributed by atoms with van der Waals surface area (Å²) in [5.74, 6) is 0. The molecule has 3 heteroatoms. The number of hydrogen-bond donors (Lipinski definition) is 0. The summed E-state index contributed by atoms with van der Waals surface area (Å²) < 4.78 is 7.47. The highest BCUT2D eigenvalue weighted by molar-refractivity contribution is 7.26. The number of aryl methyl sites for hydroxylation is 1. The van der Waals surface area contributed by atoms with Gasteiger partial charge >= 0.3 is 0 Å². The van der Waals surface area contributed by atoms with E-state index in [0.29, 0.717) is 0 Å². The van der Waals surface area contributed by atoms with Crippen LogP contribution in [0.25, 0.3) is 69.5 Å². The van der Waals surface area contributed by atoms with Gasteiger partial charge in [0.05, 0.1) is 21.4 Å². The van der Waals surface area contributed by atoms with Crippen molar-refractivity contribution in [1.29, 1.82) is 0 Å². The molecule has 0 spiro atoms. The van der Waals surface area contributed by atoms with Gasteiger partial charge in [-0.25, -0.2) is 0 Å². The maximum atomic E-state index is 2.48. The van der Waals surface area contributed by atoms with E-state index in [1.807, 2.05) is 11.3 Å². The van der Waals surface area contributed by atoms with Crippen LogP contribution in [0.5, 0.6) is 0 Å². The molecule has 0 saturated carbocycles. The Morgan fingerprint density at radius 1 is 0.500 bits per heavy atom. The van der Waals surface area contributed by atoms with Crippen molar-refractivity contribution < 1.29 is 0 Å². The van der Waals surface area contributed by atoms with E-state index in [2.05, 4.69) is 119 Å². The number of rotatable bonds is 1. The van der Waals surface area contributed by atoms with Crippen LogP contribution >= 0.6 is 11.3 Å². The second-order valence-corrected chi connectivity index (χ2v) is 10.1. The predicted molar refractivity (Wildman–Crippen MR) is 148 cm³/mol. The lowest BCUT2D eigenvalue weighted by Crippen LogP contribution is -1.94. The summed E-state index contributed by atoms with van der Waals surface area (Å²) in [5.41, 5.74) is 6.31. The Bertz CT molecular complexity index is 2080. The zero-order chi connectivity index (χ0) is 22.4. The lowest BCUT2D eigenvalue weighted by molar-refractivity contribution is 1.01. The molecule has 160 valence electrons. The van der Waals surface area contributed by atoms with Crippen LogP contribution in [0, 0.1) is 0 Å². The molecule has 3 heterocycles. The SMILES string of the molecule is Cn1c2ccccc2c2c3c4ccccc4n(-c4cccc5c4sc4ccccc45)c3ccc21. The monoisotopic (exact) mass is 452 g/mol. The Morgan fingerprint density at radius 2 is 1.12 bits per heavy atom. The zero-order valence-corrected chi connectivity index (χ0v) is 19.4. The summed E-state index contributed by atoms with van der Waals surface area (Å²) >= 11 is 1.89. The van der Waals surface area contributed by atoms with Gasteiger partial charge in [-0.15, -0.1) is 11.3 Å². The molecule has 0 amide bonds. The highest BCUT2D eigenvalue weighted by Crippen LogP contribution is 2.43. The van der Waals surface area contributed by atoms with Crippen LogP contribution in [0.4, 0.5) is 0 Å². The number of thiophene rings is 1. The minimum absolute atomic E-state index is 1.25. The van der Waals surface area contributed by atoms with Crippen LogP contribution in [-0.4, -0.2) is 9.13 Å². The molecule has 0 aliphatic heterocycles. The molecule has 0 saturated heterocycles. The van der Waals surface area contributed by atoms with Crippen LogP contribution in [0.3, 0.4) is 0 Å². The summed E-state index contributed by atoms with van der Waals surface area (Å²) in [5, 5.41) is 7.96. The van der Waals surface area contributed by atoms with E-state index in [9.17, 15) is 0 Å². The van der Waals surface area contributed by atoms with E-state index in [0.717, 1.165) is 0 Å². The maximum absolute atomic E-state index is 2.48. The molecule has 0 bridgehead atoms. The van der Waals surface area contributed by atoms with Crippen LogP contribution < -0.4 is 0 Å². The largest absolute Gasteiger partial charge is 0.344 e. The predicted octanol–water partition coefficient (Wildman–Crippen LogP) is 8.80. The minimum atomic E-state index is 1.25. The van der Waals surface area contributed by atoms with Crippen molar-refractivity contribution in [2.75, 3.05) is 0 Å². The Balaban J connectivity index is 1.62. The molecule has 2 nitrogen and oxygen atoms in total. The van der Waals surface area contributed by atoms with E-state index >= 15 is 0 Å². The van der Waals surface area contributed by atoms with Crippen molar-refractivity contribution in [2.45, 2.75) is 0 Å². The number of para-hydroxylation sites is 2. The molecule has 0 unspecified atom stereocenters. The van der Waals surface area contributed by atoms with Gasteiger partial charge in [0.15, 0.2) is 0 Å². The Labute approximate surface area is 199 Å². The molecule has 0 aliphatic rings. The number of fused-ring (bicyclic) bond motifs is 10. The second-order valence-electron chi connectivity index (χ2n) is 9.03. The summed E-state index contributed by atoms with van der Waals surface area (Å²) in [4.78, 5) is 0. The van der Waals surface area contributed by atoms with Crippen LogP contribution in [0.15, 0.2) is 103 Å². The van der Waals surface area contributed by atoms with Crippen molar-refractivity contribution >= 4 is 75.1 Å². The van der Waals surface area contributed by atoms with E-state index in [4.69, 9.17) is 0 Å². The number of benzene rings is 5. The van der Waals surface area contributed by atoms with Crippen LogP contribution in [0.2, 0.25) is 0 Å². The van der Waals surface area contributed by atoms with Gasteiger partial charge in [-0.05, 0) is 36.4 Å². The third-order valence-electron chi connectivity index (χ3n) is 7.34. The second kappa shape index (κ2) is 6.49. The fourth-order valence-corrected chi connectivity index (χ4v) is 7.08. The van der Waals surface area contributed by atoms with Crippen molar-refractivity contribution in [3.05, 3.63) is 103 Å². The Morgan fingerprint density at radius 3 is 1.97 bits per heavy atom. The van der Waals surface area contributed by atoms with Gasteiger partial charge in [0.25, 0.3) is 0 Å². The summed E-state index contributed by atoms with van der Waals surface area (Å²) in [6, 6.07) is 37.7. The average molecular weight is 453 g/mol. The molecule has 8 rings (SSSR count). The fourth-order valence-electron chi connectivity index (χ4n) is 5.88. The molecule has 0 radical (unpaired) electrons. The lowest BCUT2D eigenvalue weighted by atomic mass is 10.1. The normalized spacial score (nSPS) is 12.3. The number of hydrogen-bond acceptors (Lipinski definition) is 1. The fraction of sp³-hybridized carbons (Fsp3) is 0.0323. The van der Waals surface area contributed by atoms with Gasteiger partial charge in [-0.2, -0.15) is 0 Å². The van der Waals surface area contributed by atoms with Crippen molar-refractivity contribution in [2.24, 2.45) is 7.05 Å². The summed E-state index contributed by atoms with van der Waals surface area (Å²) in [7, 11) is 2.17. The number of aromatic nitrogens is 2. The van der Waals surface area contributed by atoms with Gasteiger partial charge in [-0.3, -0.25) is 0 Å². The third kappa shape index (κ3) is 2.20. The molecule has 0 N–H and O–H groups in total. The molecule has 0 fully saturated rings. The molecule has 34 heavy (non-hydrogen) atoms. The van der Waals surface area contributed by atoms with E-state index < -0.39 is 0 Å². The first-order chi connectivity index (χ1) is 16.8. The minimum Gasteiger partial charge on any atom is -0.344 e. The van der Waals surface area contributed by atoms with Gasteiger partial charge in [0.2, 0.25) is 0 Å². The van der Waals surface area contributed by atoms with Crippen LogP contribution in [-0.2, 0) is 7.05 Å². The van der Waals surface area contributed by atoms with Crippen molar-refractivity contribution in [3.8, 4) is 5.69 Å². The average Bonchev–Trinajstić information content (AvgIpc) is 3.52. The van der Waals surface area contributed by atoms with Gasteiger partial charge in [0, 0.05) is 55.1 Å². The lowest BCUT2D eigenvalue weighted by Gasteiger charge is -2.09. The molecule has 8 aromatic rings. The zero-order valence-electron chi connectivity index (χ0n) is 18.6. The molecule has 3 aromatic heterocycles. The topological polar surface area (TPSA) is 9.86 Å². The Kier molecular flexibility index (Phi) is 3.51. The molecular weight excluding hydrogens is 432 g/mol. The first-order valence-electron chi connectivity index (χ1n) is 11.6. The van der Waals surface area contributed by atoms with Crippen molar-refractivity contribution in [3.63, 3.8) is 0 Å². The first kappa shape index (κ1) is 18.4. The standard InChI is InChI=1S/C31H20N2S/c1-32-23-13-5-2-10-21(23)29-25(32)17-18-26-30(29)22-11-3-6-14-24(22)33(26)27-15-8-12-20-19-9-4-7-16-28(19)34-31(20)27/h2-18H,1H3. The maximum Gasteiger partial charge on any atom is 0.0640 e. The third-order valence-corrected chi connectivity index (χ3v) is 8.55. The first-order valence-corrected chi connectivity index (χ1v) is 12.4.